The zero-order chi connectivity index (χ0) is 26.3. The lowest BCUT2D eigenvalue weighted by molar-refractivity contribution is -0.137. The van der Waals surface area contributed by atoms with E-state index in [1.165, 1.54) is 12.1 Å². The minimum absolute atomic E-state index is 0.431. The summed E-state index contributed by atoms with van der Waals surface area (Å²) in [5, 5.41) is 1.73. The molecule has 0 aliphatic heterocycles. The van der Waals surface area contributed by atoms with Gasteiger partial charge in [0.2, 0.25) is 0 Å². The van der Waals surface area contributed by atoms with Gasteiger partial charge in [0.1, 0.15) is 17.2 Å². The highest BCUT2D eigenvalue weighted by atomic mass is 35.5. The van der Waals surface area contributed by atoms with Crippen molar-refractivity contribution >= 4 is 33.4 Å². The fraction of sp³-hybridized carbons (Fsp3) is 0.0968. The highest BCUT2D eigenvalue weighted by Gasteiger charge is 2.39. The minimum Gasteiger partial charge on any atom is -0.489 e. The quantitative estimate of drug-likeness (QED) is 0.208. The molecule has 38 heavy (non-hydrogen) atoms. The number of H-pyrrole nitrogens is 2. The summed E-state index contributed by atoms with van der Waals surface area (Å²) < 4.78 is 46.0. The first-order valence-corrected chi connectivity index (χ1v) is 12.4. The summed E-state index contributed by atoms with van der Waals surface area (Å²) in [4.78, 5) is 5.28. The van der Waals surface area contributed by atoms with Crippen LogP contribution in [0.25, 0.3) is 21.8 Å². The molecule has 0 radical (unpaired) electrons. The molecule has 7 heteroatoms. The summed E-state index contributed by atoms with van der Waals surface area (Å²) in [6.45, 7) is 0.431. The molecule has 1 unspecified atom stereocenters. The van der Waals surface area contributed by atoms with Gasteiger partial charge in [0.25, 0.3) is 0 Å². The molecule has 0 saturated carbocycles. The molecule has 0 saturated heterocycles. The van der Waals surface area contributed by atoms with Crippen LogP contribution in [-0.2, 0) is 17.7 Å². The topological polar surface area (TPSA) is 40.8 Å². The van der Waals surface area contributed by atoms with Gasteiger partial charge in [-0.2, -0.15) is 13.2 Å². The second-order valence-corrected chi connectivity index (χ2v) is 9.73. The Kier molecular flexibility index (Phi) is 5.92. The summed E-state index contributed by atoms with van der Waals surface area (Å²) >= 11 is 7.55. The normalized spacial score (nSPS) is 13.6. The Balaban J connectivity index is 1.46. The van der Waals surface area contributed by atoms with E-state index in [0.717, 1.165) is 50.6 Å². The van der Waals surface area contributed by atoms with Crippen LogP contribution < -0.4 is 4.74 Å². The van der Waals surface area contributed by atoms with Gasteiger partial charge in [-0.15, -0.1) is 11.6 Å². The van der Waals surface area contributed by atoms with Crippen LogP contribution in [0.4, 0.5) is 13.2 Å². The average Bonchev–Trinajstić information content (AvgIpc) is 3.57. The number of nitrogens with one attached hydrogen (secondary N) is 2. The third-order valence-corrected chi connectivity index (χ3v) is 7.47. The Morgan fingerprint density at radius 2 is 1.26 bits per heavy atom. The first-order chi connectivity index (χ1) is 18.3. The lowest BCUT2D eigenvalue weighted by Gasteiger charge is -2.28. The number of rotatable bonds is 6. The molecule has 0 fully saturated rings. The molecule has 190 valence electrons. The number of hydrogen-bond acceptors (Lipinski definition) is 1. The van der Waals surface area contributed by atoms with Crippen molar-refractivity contribution in [2.45, 2.75) is 17.7 Å². The molecular formula is C31H22ClF3N2O. The van der Waals surface area contributed by atoms with Crippen LogP contribution in [0.1, 0.15) is 27.8 Å². The van der Waals surface area contributed by atoms with Crippen LogP contribution in [0.5, 0.6) is 5.75 Å². The average molecular weight is 531 g/mol. The smallest absolute Gasteiger partial charge is 0.416 e. The zero-order valence-electron chi connectivity index (χ0n) is 20.0. The molecule has 2 N–H and O–H groups in total. The van der Waals surface area contributed by atoms with Crippen LogP contribution >= 0.6 is 11.6 Å². The number of fused-ring (bicyclic) bond motifs is 2. The maximum absolute atomic E-state index is 13.3. The largest absolute Gasteiger partial charge is 0.489 e. The maximum atomic E-state index is 13.3. The predicted octanol–water partition coefficient (Wildman–Crippen LogP) is 8.78. The first kappa shape index (κ1) is 24.2. The number of halogens is 4. The molecule has 6 rings (SSSR count). The highest BCUT2D eigenvalue weighted by Crippen LogP contribution is 2.48. The SMILES string of the molecule is FC(F)(F)c1ccc(C(Cl)(c2c[nH]c3ccccc23)c2c[nH]c3cc(OCc4ccccc4)ccc23)cc1. The predicted molar refractivity (Wildman–Crippen MR) is 145 cm³/mol. The van der Waals surface area contributed by atoms with Crippen molar-refractivity contribution in [2.75, 3.05) is 0 Å². The van der Waals surface area contributed by atoms with Crippen molar-refractivity contribution in [3.8, 4) is 5.75 Å². The lowest BCUT2D eigenvalue weighted by atomic mass is 9.83. The van der Waals surface area contributed by atoms with Gasteiger partial charge in [0.15, 0.2) is 0 Å². The van der Waals surface area contributed by atoms with E-state index in [-0.39, 0.29) is 0 Å². The lowest BCUT2D eigenvalue weighted by Crippen LogP contribution is -2.22. The van der Waals surface area contributed by atoms with Crippen molar-refractivity contribution in [1.82, 2.24) is 9.97 Å². The Morgan fingerprint density at radius 3 is 1.97 bits per heavy atom. The minimum atomic E-state index is -4.44. The molecule has 6 aromatic rings. The number of benzene rings is 4. The molecule has 2 heterocycles. The monoisotopic (exact) mass is 530 g/mol. The van der Waals surface area contributed by atoms with Crippen LogP contribution in [-0.4, -0.2) is 9.97 Å². The van der Waals surface area contributed by atoms with Gasteiger partial charge in [-0.05, 0) is 41.5 Å². The molecule has 4 aromatic carbocycles. The number of ether oxygens (including phenoxy) is 1. The van der Waals surface area contributed by atoms with E-state index in [0.29, 0.717) is 17.9 Å². The zero-order valence-corrected chi connectivity index (χ0v) is 20.8. The van der Waals surface area contributed by atoms with Crippen LogP contribution in [0.3, 0.4) is 0 Å². The summed E-state index contributed by atoms with van der Waals surface area (Å²) in [5.41, 5.74) is 4.04. The van der Waals surface area contributed by atoms with E-state index in [2.05, 4.69) is 9.97 Å². The Labute approximate surface area is 221 Å². The van der Waals surface area contributed by atoms with Crippen molar-refractivity contribution < 1.29 is 17.9 Å². The third kappa shape index (κ3) is 4.21. The second-order valence-electron chi connectivity index (χ2n) is 9.17. The number of aromatic nitrogens is 2. The Bertz CT molecular complexity index is 1720. The molecule has 2 aromatic heterocycles. The maximum Gasteiger partial charge on any atom is 0.416 e. The number of aromatic amines is 2. The molecule has 1 atom stereocenters. The molecule has 3 nitrogen and oxygen atoms in total. The summed E-state index contributed by atoms with van der Waals surface area (Å²) in [6, 6.07) is 28.4. The molecule has 0 aliphatic carbocycles. The number of alkyl halides is 4. The number of hydrogen-bond donors (Lipinski definition) is 2. The van der Waals surface area contributed by atoms with Crippen molar-refractivity contribution in [1.29, 1.82) is 0 Å². The summed E-state index contributed by atoms with van der Waals surface area (Å²) in [7, 11) is 0. The van der Waals surface area contributed by atoms with E-state index in [1.54, 1.807) is 0 Å². The standard InChI is InChI=1S/C31H22ClF3N2O/c32-30(21-10-12-22(13-11-21)31(33,34)35,26-17-36-28-9-5-4-8-24(26)28)27-18-37-29-16-23(14-15-25(27)29)38-19-20-6-2-1-3-7-20/h1-18,36-37H,19H2. The van der Waals surface area contributed by atoms with Crippen molar-refractivity contribution in [2.24, 2.45) is 0 Å². The molecule has 0 aliphatic rings. The van der Waals surface area contributed by atoms with E-state index < -0.39 is 16.6 Å². The van der Waals surface area contributed by atoms with E-state index >= 15 is 0 Å². The van der Waals surface area contributed by atoms with Crippen molar-refractivity contribution in [3.63, 3.8) is 0 Å². The van der Waals surface area contributed by atoms with E-state index in [1.807, 2.05) is 85.2 Å². The van der Waals surface area contributed by atoms with Gasteiger partial charge < -0.3 is 14.7 Å². The van der Waals surface area contributed by atoms with Gasteiger partial charge in [0, 0.05) is 51.4 Å². The summed E-state index contributed by atoms with van der Waals surface area (Å²) in [5.74, 6) is 0.691. The van der Waals surface area contributed by atoms with Crippen LogP contribution in [0.15, 0.2) is 109 Å². The van der Waals surface area contributed by atoms with E-state index in [9.17, 15) is 13.2 Å². The van der Waals surface area contributed by atoms with E-state index in [4.69, 9.17) is 16.3 Å². The molecule has 0 bridgehead atoms. The third-order valence-electron chi connectivity index (χ3n) is 6.84. The second kappa shape index (κ2) is 9.30. The van der Waals surface area contributed by atoms with Crippen LogP contribution in [0.2, 0.25) is 0 Å². The van der Waals surface area contributed by atoms with Crippen LogP contribution in [0, 0.1) is 0 Å². The Hall–Kier alpha value is -4.16. The molecule has 0 amide bonds. The first-order valence-electron chi connectivity index (χ1n) is 12.1. The molecular weight excluding hydrogens is 509 g/mol. The summed E-state index contributed by atoms with van der Waals surface area (Å²) in [6.07, 6.45) is -0.797. The molecule has 0 spiro atoms. The van der Waals surface area contributed by atoms with Gasteiger partial charge >= 0.3 is 6.18 Å². The van der Waals surface area contributed by atoms with Gasteiger partial charge in [-0.1, -0.05) is 60.7 Å². The fourth-order valence-corrected chi connectivity index (χ4v) is 5.36. The Morgan fingerprint density at radius 1 is 0.658 bits per heavy atom. The van der Waals surface area contributed by atoms with Gasteiger partial charge in [0.05, 0.1) is 5.56 Å². The van der Waals surface area contributed by atoms with Gasteiger partial charge in [-0.3, -0.25) is 0 Å². The highest BCUT2D eigenvalue weighted by molar-refractivity contribution is 6.30. The fourth-order valence-electron chi connectivity index (χ4n) is 4.92. The van der Waals surface area contributed by atoms with Gasteiger partial charge in [-0.25, -0.2) is 0 Å². The van der Waals surface area contributed by atoms with Crippen molar-refractivity contribution in [3.05, 3.63) is 137 Å². The number of para-hydroxylation sites is 1.